The van der Waals surface area contributed by atoms with Gasteiger partial charge in [-0.25, -0.2) is 10.2 Å². The van der Waals surface area contributed by atoms with Crippen molar-refractivity contribution in [1.29, 1.82) is 0 Å². The number of amides is 1. The summed E-state index contributed by atoms with van der Waals surface area (Å²) >= 11 is 0. The predicted molar refractivity (Wildman–Crippen MR) is 170 cm³/mol. The van der Waals surface area contributed by atoms with Gasteiger partial charge in [-0.3, -0.25) is 4.79 Å². The molecule has 212 valence electrons. The highest BCUT2D eigenvalue weighted by atomic mass is 16.6. The van der Waals surface area contributed by atoms with Gasteiger partial charge >= 0.3 is 5.97 Å². The van der Waals surface area contributed by atoms with Crippen LogP contribution in [0.2, 0.25) is 0 Å². The molecule has 6 aromatic rings. The van der Waals surface area contributed by atoms with Gasteiger partial charge in [-0.1, -0.05) is 84.4 Å². The molecule has 1 heterocycles. The Hall–Kier alpha value is -5.69. The summed E-state index contributed by atoms with van der Waals surface area (Å²) in [6.07, 6.45) is 1.52. The van der Waals surface area contributed by atoms with Crippen LogP contribution in [0.3, 0.4) is 0 Å². The molecule has 0 atom stereocenters. The average molecular weight is 568 g/mol. The number of carbonyl (C=O) groups excluding carboxylic acids is 2. The van der Waals surface area contributed by atoms with Crippen molar-refractivity contribution in [3.05, 3.63) is 132 Å². The fourth-order valence-electron chi connectivity index (χ4n) is 5.12. The minimum Gasteiger partial charge on any atom is -0.490 e. The fraction of sp³-hybridized carbons (Fsp3) is 0.0833. The van der Waals surface area contributed by atoms with Gasteiger partial charge in [0.1, 0.15) is 5.69 Å². The van der Waals surface area contributed by atoms with Crippen LogP contribution in [-0.2, 0) is 0 Å². The number of aromatic amines is 1. The van der Waals surface area contributed by atoms with Crippen molar-refractivity contribution in [1.82, 2.24) is 10.4 Å². The van der Waals surface area contributed by atoms with Crippen LogP contribution in [0.1, 0.15) is 38.9 Å². The molecule has 43 heavy (non-hydrogen) atoms. The average Bonchev–Trinajstić information content (AvgIpc) is 3.43. The van der Waals surface area contributed by atoms with E-state index in [0.29, 0.717) is 34.9 Å². The van der Waals surface area contributed by atoms with Gasteiger partial charge in [0.05, 0.1) is 23.9 Å². The number of carbonyl (C=O) groups is 2. The van der Waals surface area contributed by atoms with Crippen LogP contribution in [0, 0.1) is 6.92 Å². The Morgan fingerprint density at radius 1 is 0.837 bits per heavy atom. The smallest absolute Gasteiger partial charge is 0.343 e. The van der Waals surface area contributed by atoms with Crippen LogP contribution in [0.4, 0.5) is 0 Å². The molecule has 0 aliphatic rings. The van der Waals surface area contributed by atoms with Crippen LogP contribution >= 0.6 is 0 Å². The molecule has 7 nitrogen and oxygen atoms in total. The number of hydrogen-bond donors (Lipinski definition) is 2. The second kappa shape index (κ2) is 12.0. The van der Waals surface area contributed by atoms with Gasteiger partial charge in [-0.15, -0.1) is 0 Å². The Balaban J connectivity index is 1.26. The van der Waals surface area contributed by atoms with E-state index >= 15 is 0 Å². The number of hydrogen-bond acceptors (Lipinski definition) is 5. The van der Waals surface area contributed by atoms with E-state index in [2.05, 4.69) is 21.6 Å². The molecule has 0 spiro atoms. The van der Waals surface area contributed by atoms with Crippen molar-refractivity contribution in [2.24, 2.45) is 5.10 Å². The molecule has 0 unspecified atom stereocenters. The minimum absolute atomic E-state index is 0.298. The molecule has 5 aromatic carbocycles. The summed E-state index contributed by atoms with van der Waals surface area (Å²) in [5.74, 6) is -0.150. The summed E-state index contributed by atoms with van der Waals surface area (Å²) in [5.41, 5.74) is 7.79. The van der Waals surface area contributed by atoms with E-state index in [4.69, 9.17) is 9.47 Å². The lowest BCUT2D eigenvalue weighted by atomic mass is 9.99. The zero-order valence-electron chi connectivity index (χ0n) is 23.8. The maximum atomic E-state index is 13.5. The highest BCUT2D eigenvalue weighted by Crippen LogP contribution is 2.36. The minimum atomic E-state index is -0.473. The maximum Gasteiger partial charge on any atom is 0.343 e. The molecule has 1 aromatic heterocycles. The number of nitrogens with one attached hydrogen (secondary N) is 2. The normalized spacial score (nSPS) is 11.2. The van der Waals surface area contributed by atoms with Gasteiger partial charge in [0.2, 0.25) is 0 Å². The van der Waals surface area contributed by atoms with Crippen LogP contribution in [0.15, 0.2) is 114 Å². The van der Waals surface area contributed by atoms with Crippen molar-refractivity contribution in [2.75, 3.05) is 6.61 Å². The number of nitrogens with zero attached hydrogens (tertiary/aromatic N) is 1. The third-order valence-electron chi connectivity index (χ3n) is 7.09. The second-order valence-electron chi connectivity index (χ2n) is 10.0. The van der Waals surface area contributed by atoms with Crippen molar-refractivity contribution in [2.45, 2.75) is 13.8 Å². The van der Waals surface area contributed by atoms with Crippen molar-refractivity contribution >= 4 is 39.8 Å². The first kappa shape index (κ1) is 27.5. The number of fused-ring (bicyclic) bond motifs is 3. The van der Waals surface area contributed by atoms with Crippen LogP contribution in [0.25, 0.3) is 32.8 Å². The molecule has 0 radical (unpaired) electrons. The molecule has 0 aliphatic carbocycles. The molecule has 0 bridgehead atoms. The largest absolute Gasteiger partial charge is 0.490 e. The topological polar surface area (TPSA) is 92.8 Å². The number of ether oxygens (including phenoxy) is 2. The predicted octanol–water partition coefficient (Wildman–Crippen LogP) is 7.68. The third-order valence-corrected chi connectivity index (χ3v) is 7.09. The molecule has 0 aliphatic heterocycles. The lowest BCUT2D eigenvalue weighted by Crippen LogP contribution is -2.18. The first-order valence-corrected chi connectivity index (χ1v) is 14.0. The van der Waals surface area contributed by atoms with Gasteiger partial charge in [-0.2, -0.15) is 5.10 Å². The molecule has 1 amide bonds. The number of hydrazone groups is 1. The lowest BCUT2D eigenvalue weighted by molar-refractivity contribution is 0.0728. The quantitative estimate of drug-likeness (QED) is 0.0854. The Labute approximate surface area is 248 Å². The van der Waals surface area contributed by atoms with Crippen LogP contribution < -0.4 is 14.9 Å². The van der Waals surface area contributed by atoms with Crippen molar-refractivity contribution < 1.29 is 19.1 Å². The summed E-state index contributed by atoms with van der Waals surface area (Å²) in [6, 6.07) is 34.3. The van der Waals surface area contributed by atoms with Gasteiger partial charge < -0.3 is 14.5 Å². The highest BCUT2D eigenvalue weighted by molar-refractivity contribution is 6.16. The Morgan fingerprint density at radius 2 is 1.65 bits per heavy atom. The third kappa shape index (κ3) is 5.74. The van der Waals surface area contributed by atoms with Gasteiger partial charge in [-0.05, 0) is 60.7 Å². The van der Waals surface area contributed by atoms with Crippen LogP contribution in [-0.4, -0.2) is 29.7 Å². The zero-order valence-corrected chi connectivity index (χ0v) is 23.8. The first-order valence-electron chi connectivity index (χ1n) is 14.0. The van der Waals surface area contributed by atoms with Gasteiger partial charge in [0, 0.05) is 16.3 Å². The molecular formula is C36H29N3O4. The zero-order chi connectivity index (χ0) is 29.8. The van der Waals surface area contributed by atoms with E-state index in [-0.39, 0.29) is 5.91 Å². The fourth-order valence-corrected chi connectivity index (χ4v) is 5.12. The van der Waals surface area contributed by atoms with Crippen LogP contribution in [0.5, 0.6) is 11.5 Å². The summed E-state index contributed by atoms with van der Waals surface area (Å²) < 4.78 is 11.4. The SMILES string of the molecule is CCOc1cc(C=NNC(=O)c2[nH]c3c(ccc4ccccc43)c2-c2ccccc2)ccc1OC(=O)c1cccc(C)c1. The molecular weight excluding hydrogens is 538 g/mol. The summed E-state index contributed by atoms with van der Waals surface area (Å²) in [4.78, 5) is 29.6. The Kier molecular flexibility index (Phi) is 7.70. The monoisotopic (exact) mass is 567 g/mol. The molecule has 0 saturated carbocycles. The lowest BCUT2D eigenvalue weighted by Gasteiger charge is -2.11. The number of benzene rings is 5. The van der Waals surface area contributed by atoms with Crippen molar-refractivity contribution in [3.63, 3.8) is 0 Å². The Bertz CT molecular complexity index is 1990. The number of aryl methyl sites for hydroxylation is 1. The van der Waals surface area contributed by atoms with Gasteiger partial charge in [0.25, 0.3) is 5.91 Å². The first-order chi connectivity index (χ1) is 21.0. The molecule has 6 rings (SSSR count). The standard InChI is InChI=1S/C36H29N3O4/c1-3-42-31-21-24(16-19-30(31)43-36(41)27-14-9-10-23(2)20-27)22-37-39-35(40)34-32(26-12-5-4-6-13-26)29-18-17-25-11-7-8-15-28(25)33(29)38-34/h4-22,38H,3H2,1-2H3,(H,39,40). The maximum absolute atomic E-state index is 13.5. The summed E-state index contributed by atoms with van der Waals surface area (Å²) in [6.45, 7) is 4.14. The van der Waals surface area contributed by atoms with E-state index in [9.17, 15) is 9.59 Å². The second-order valence-corrected chi connectivity index (χ2v) is 10.0. The Morgan fingerprint density at radius 3 is 2.47 bits per heavy atom. The summed E-state index contributed by atoms with van der Waals surface area (Å²) in [7, 11) is 0. The van der Waals surface area contributed by atoms with E-state index in [0.717, 1.165) is 38.4 Å². The number of esters is 1. The van der Waals surface area contributed by atoms with E-state index < -0.39 is 5.97 Å². The number of H-pyrrole nitrogens is 1. The van der Waals surface area contributed by atoms with E-state index in [1.54, 1.807) is 30.3 Å². The molecule has 0 saturated heterocycles. The van der Waals surface area contributed by atoms with Gasteiger partial charge in [0.15, 0.2) is 11.5 Å². The van der Waals surface area contributed by atoms with E-state index in [1.807, 2.05) is 86.6 Å². The molecule has 2 N–H and O–H groups in total. The highest BCUT2D eigenvalue weighted by Gasteiger charge is 2.20. The summed E-state index contributed by atoms with van der Waals surface area (Å²) in [5, 5.41) is 7.30. The van der Waals surface area contributed by atoms with E-state index in [1.165, 1.54) is 6.21 Å². The molecule has 0 fully saturated rings. The van der Waals surface area contributed by atoms with Crippen molar-refractivity contribution in [3.8, 4) is 22.6 Å². The molecule has 7 heteroatoms. The number of rotatable bonds is 8. The number of aromatic nitrogens is 1.